The van der Waals surface area contributed by atoms with Gasteiger partial charge in [0.05, 0.1) is 13.2 Å². The minimum Gasteiger partial charge on any atom is -1.00 e. The Hall–Kier alpha value is -1.14. The van der Waals surface area contributed by atoms with E-state index in [1.165, 1.54) is 116 Å². The van der Waals surface area contributed by atoms with Crippen molar-refractivity contribution in [3.8, 4) is 11.5 Å². The Kier molecular flexibility index (Phi) is 31.0. The topological polar surface area (TPSA) is 26.2 Å². The van der Waals surface area contributed by atoms with Crippen LogP contribution < -0.4 is 52.6 Å². The lowest BCUT2D eigenvalue weighted by Crippen LogP contribution is -3.00. The number of unbranched alkanes of at least 4 members (excludes halogenated alkanes) is 19. The summed E-state index contributed by atoms with van der Waals surface area (Å²) in [5, 5.41) is 0. The molecule has 0 atom stereocenters. The summed E-state index contributed by atoms with van der Waals surface area (Å²) >= 11 is 0. The lowest BCUT2D eigenvalue weighted by Gasteiger charge is -2.06. The molecule has 0 spiro atoms. The highest BCUT2D eigenvalue weighted by molar-refractivity contribution is 5.13. The predicted octanol–water partition coefficient (Wildman–Crippen LogP) is 4.35. The Morgan fingerprint density at radius 2 is 0.750 bits per heavy atom. The van der Waals surface area contributed by atoms with Crippen molar-refractivity contribution in [2.45, 2.75) is 168 Å². The maximum atomic E-state index is 6.05. The fourth-order valence-electron chi connectivity index (χ4n) is 5.59. The van der Waals surface area contributed by atoms with E-state index in [0.717, 1.165) is 63.5 Å². The van der Waals surface area contributed by atoms with Gasteiger partial charge < -0.3 is 43.4 Å². The molecule has 4 nitrogen and oxygen atoms in total. The Balaban J connectivity index is 0.00000924. The van der Waals surface area contributed by atoms with Crippen LogP contribution in [0, 0.1) is 0 Å². The first-order valence-electron chi connectivity index (χ1n) is 18.1. The van der Waals surface area contributed by atoms with Gasteiger partial charge in [-0.25, -0.2) is 9.13 Å². The van der Waals surface area contributed by atoms with Gasteiger partial charge in [-0.1, -0.05) is 129 Å². The van der Waals surface area contributed by atoms with E-state index >= 15 is 0 Å². The number of hydrogen-bond donors (Lipinski definition) is 0. The molecule has 0 saturated heterocycles. The van der Waals surface area contributed by atoms with Gasteiger partial charge in [0.15, 0.2) is 23.9 Å². The first-order valence-corrected chi connectivity index (χ1v) is 18.1. The Labute approximate surface area is 293 Å². The van der Waals surface area contributed by atoms with E-state index in [1.54, 1.807) is 0 Å². The van der Waals surface area contributed by atoms with Crippen molar-refractivity contribution >= 4 is 0 Å². The fourth-order valence-corrected chi connectivity index (χ4v) is 5.59. The van der Waals surface area contributed by atoms with Crippen LogP contribution >= 0.6 is 0 Å². The monoisotopic (exact) mass is 740 g/mol. The molecule has 2 heterocycles. The minimum absolute atomic E-state index is 0. The molecule has 0 fully saturated rings. The highest BCUT2D eigenvalue weighted by Gasteiger charge is 2.07. The van der Waals surface area contributed by atoms with Crippen LogP contribution in [0.5, 0.6) is 11.5 Å². The third-order valence-electron chi connectivity index (χ3n) is 8.28. The summed E-state index contributed by atoms with van der Waals surface area (Å²) < 4.78 is 16.6. The third-order valence-corrected chi connectivity index (χ3v) is 8.28. The summed E-state index contributed by atoms with van der Waals surface area (Å²) in [4.78, 5) is 0. The molecule has 0 aliphatic heterocycles. The van der Waals surface area contributed by atoms with E-state index in [2.05, 4.69) is 72.0 Å². The van der Waals surface area contributed by atoms with Gasteiger partial charge in [-0.15, -0.1) is 0 Å². The highest BCUT2D eigenvalue weighted by Crippen LogP contribution is 2.13. The number of halogens is 2. The van der Waals surface area contributed by atoms with Crippen LogP contribution in [0.3, 0.4) is 0 Å². The van der Waals surface area contributed by atoms with Gasteiger partial charge in [-0.05, 0) is 25.0 Å². The molecule has 2 rings (SSSR count). The van der Waals surface area contributed by atoms with Gasteiger partial charge in [-0.2, -0.15) is 0 Å². The van der Waals surface area contributed by atoms with Crippen molar-refractivity contribution in [1.82, 2.24) is 0 Å². The zero-order valence-corrected chi connectivity index (χ0v) is 31.6. The molecule has 0 amide bonds. The average molecular weight is 743 g/mol. The molecule has 0 aliphatic carbocycles. The highest BCUT2D eigenvalue weighted by atomic mass is 79.9. The number of hydrogen-bond acceptors (Lipinski definition) is 2. The molecule has 2 aromatic heterocycles. The van der Waals surface area contributed by atoms with Crippen LogP contribution in [0.1, 0.15) is 155 Å². The number of aryl methyl sites for hydroxylation is 2. The lowest BCUT2D eigenvalue weighted by molar-refractivity contribution is -0.708. The van der Waals surface area contributed by atoms with Crippen molar-refractivity contribution < 1.29 is 52.6 Å². The van der Waals surface area contributed by atoms with E-state index in [9.17, 15) is 0 Å². The quantitative estimate of drug-likeness (QED) is 0.0917. The Morgan fingerprint density at radius 3 is 1.09 bits per heavy atom. The van der Waals surface area contributed by atoms with Gasteiger partial charge in [0.1, 0.15) is 13.1 Å². The Morgan fingerprint density at radius 1 is 0.432 bits per heavy atom. The van der Waals surface area contributed by atoms with Crippen molar-refractivity contribution in [3.63, 3.8) is 0 Å². The standard InChI is InChI=1S/C38H66N2O2.2BrH/c1-3-5-7-9-11-13-15-17-19-23-33-41-37-27-25-31-39(35-37)29-21-22-30-40-32-26-28-38(36-40)42-34-24-20-18-16-14-12-10-8-6-4-2;;/h25-28,31-32,35-36H,3-24,29-30,33-34H2,1-2H3;2*1H/q+2;;/p-2. The normalized spacial score (nSPS) is 10.7. The smallest absolute Gasteiger partial charge is 0.211 e. The number of ether oxygens (including phenoxy) is 2. The molecule has 0 N–H and O–H groups in total. The van der Waals surface area contributed by atoms with E-state index in [0.29, 0.717) is 0 Å². The molecule has 0 saturated carbocycles. The SMILES string of the molecule is CCCCCCCCCCCCOc1ccc[n+](CCCC[n+]2cccc(OCCCCCCCCCCCC)c2)c1.[Br-].[Br-]. The average Bonchev–Trinajstić information content (AvgIpc) is 3.01. The first-order chi connectivity index (χ1) is 20.8. The van der Waals surface area contributed by atoms with E-state index in [-0.39, 0.29) is 34.0 Å². The lowest BCUT2D eigenvalue weighted by atomic mass is 10.1. The predicted molar refractivity (Wildman–Crippen MR) is 177 cm³/mol. The third kappa shape index (κ3) is 24.1. The molecule has 44 heavy (non-hydrogen) atoms. The van der Waals surface area contributed by atoms with E-state index < -0.39 is 0 Å². The van der Waals surface area contributed by atoms with Crippen LogP contribution in [0.15, 0.2) is 49.1 Å². The maximum Gasteiger partial charge on any atom is 0.211 e. The van der Waals surface area contributed by atoms with Gasteiger partial charge in [0.2, 0.25) is 12.4 Å². The van der Waals surface area contributed by atoms with Crippen molar-refractivity contribution in [3.05, 3.63) is 49.1 Å². The molecule has 0 aliphatic rings. The largest absolute Gasteiger partial charge is 1.00 e. The second kappa shape index (κ2) is 31.8. The van der Waals surface area contributed by atoms with Gasteiger partial charge >= 0.3 is 0 Å². The number of aromatic nitrogens is 2. The zero-order valence-electron chi connectivity index (χ0n) is 28.5. The molecular weight excluding hydrogens is 676 g/mol. The van der Waals surface area contributed by atoms with Crippen LogP contribution in [-0.4, -0.2) is 13.2 Å². The summed E-state index contributed by atoms with van der Waals surface area (Å²) in [6, 6.07) is 8.39. The van der Waals surface area contributed by atoms with Gasteiger partial charge in [0, 0.05) is 25.0 Å². The second-order valence-corrected chi connectivity index (χ2v) is 12.3. The summed E-state index contributed by atoms with van der Waals surface area (Å²) in [6.45, 7) is 8.26. The van der Waals surface area contributed by atoms with Crippen molar-refractivity contribution in [1.29, 1.82) is 0 Å². The van der Waals surface area contributed by atoms with Crippen LogP contribution in [0.25, 0.3) is 0 Å². The summed E-state index contributed by atoms with van der Waals surface area (Å²) in [6.07, 6.45) is 38.0. The molecule has 0 bridgehead atoms. The Bertz CT molecular complexity index is 812. The molecule has 6 heteroatoms. The van der Waals surface area contributed by atoms with Crippen molar-refractivity contribution in [2.24, 2.45) is 0 Å². The van der Waals surface area contributed by atoms with Crippen LogP contribution in [0.4, 0.5) is 0 Å². The molecule has 0 radical (unpaired) electrons. The minimum atomic E-state index is 0. The molecule has 0 aromatic carbocycles. The molecule has 254 valence electrons. The summed E-state index contributed by atoms with van der Waals surface area (Å²) in [7, 11) is 0. The van der Waals surface area contributed by atoms with Crippen LogP contribution in [0.2, 0.25) is 0 Å². The molecule has 2 aromatic rings. The molecular formula is C38H66Br2N2O2. The summed E-state index contributed by atoms with van der Waals surface area (Å²) in [5.41, 5.74) is 0. The number of pyridine rings is 2. The first kappa shape index (κ1) is 42.9. The zero-order chi connectivity index (χ0) is 29.8. The van der Waals surface area contributed by atoms with E-state index in [1.807, 2.05) is 0 Å². The van der Waals surface area contributed by atoms with Gasteiger partial charge in [-0.3, -0.25) is 0 Å². The summed E-state index contributed by atoms with van der Waals surface area (Å²) in [5.74, 6) is 1.99. The fraction of sp³-hybridized carbons (Fsp3) is 0.737. The second-order valence-electron chi connectivity index (χ2n) is 12.3. The van der Waals surface area contributed by atoms with E-state index in [4.69, 9.17) is 9.47 Å². The van der Waals surface area contributed by atoms with Crippen molar-refractivity contribution in [2.75, 3.05) is 13.2 Å². The van der Waals surface area contributed by atoms with Crippen LogP contribution in [-0.2, 0) is 13.1 Å². The number of nitrogens with zero attached hydrogens (tertiary/aromatic N) is 2. The number of rotatable bonds is 29. The molecule has 0 unspecified atom stereocenters. The van der Waals surface area contributed by atoms with Gasteiger partial charge in [0.25, 0.3) is 0 Å². The maximum absolute atomic E-state index is 6.05.